The van der Waals surface area contributed by atoms with Crippen molar-refractivity contribution < 1.29 is 30.6 Å². The second-order valence-electron chi connectivity index (χ2n) is 4.61. The lowest BCUT2D eigenvalue weighted by Crippen LogP contribution is -2.37. The molecule has 0 bridgehead atoms. The Kier molecular flexibility index (Phi) is 10.0. The van der Waals surface area contributed by atoms with E-state index in [9.17, 15) is 0 Å². The third kappa shape index (κ3) is 7.10. The average Bonchev–Trinajstić information content (AvgIpc) is 2.34. The summed E-state index contributed by atoms with van der Waals surface area (Å²) in [5, 5.41) is 50.9. The first kappa shape index (κ1) is 18.1. The minimum Gasteiger partial charge on any atom is -0.396 e. The molecule has 100 valence electrons. The van der Waals surface area contributed by atoms with Crippen molar-refractivity contribution in [2.75, 3.05) is 39.6 Å². The van der Waals surface area contributed by atoms with Crippen LogP contribution in [-0.4, -0.2) is 70.3 Å². The van der Waals surface area contributed by atoms with Crippen LogP contribution in [0.3, 0.4) is 0 Å². The largest absolute Gasteiger partial charge is 0.396 e. The van der Waals surface area contributed by atoms with Gasteiger partial charge in [-0.1, -0.05) is 13.8 Å². The van der Waals surface area contributed by atoms with E-state index >= 15 is 0 Å². The zero-order valence-electron chi connectivity index (χ0n) is 9.93. The smallest absolute Gasteiger partial charge is 0.0627 e. The van der Waals surface area contributed by atoms with Gasteiger partial charge in [0.15, 0.2) is 0 Å². The Morgan fingerprint density at radius 1 is 0.562 bits per heavy atom. The molecule has 0 heterocycles. The quantitative estimate of drug-likeness (QED) is 0.317. The molecule has 0 amide bonds. The molecule has 0 saturated carbocycles. The molecule has 6 N–H and O–H groups in total. The number of rotatable bonds is 6. The highest BCUT2D eigenvalue weighted by Gasteiger charge is 2.26. The van der Waals surface area contributed by atoms with Crippen LogP contribution in [0.5, 0.6) is 0 Å². The molecule has 0 saturated heterocycles. The minimum absolute atomic E-state index is 0.0451. The highest BCUT2D eigenvalue weighted by atomic mass is 16.3. The number of hydrogen-bond acceptors (Lipinski definition) is 6. The molecule has 0 aromatic heterocycles. The van der Waals surface area contributed by atoms with Gasteiger partial charge in [0.2, 0.25) is 0 Å². The van der Waals surface area contributed by atoms with Crippen molar-refractivity contribution in [3.63, 3.8) is 0 Å². The predicted molar refractivity (Wildman–Crippen MR) is 58.7 cm³/mol. The molecular weight excluding hydrogens is 216 g/mol. The maximum atomic E-state index is 8.50. The van der Waals surface area contributed by atoms with Gasteiger partial charge in [0, 0.05) is 5.41 Å². The molecule has 0 aromatic rings. The van der Waals surface area contributed by atoms with Crippen LogP contribution in [0.1, 0.15) is 13.8 Å². The Morgan fingerprint density at radius 2 is 0.812 bits per heavy atom. The van der Waals surface area contributed by atoms with Crippen LogP contribution < -0.4 is 0 Å². The maximum absolute atomic E-state index is 8.50. The molecule has 0 unspecified atom stereocenters. The van der Waals surface area contributed by atoms with Crippen LogP contribution in [0.15, 0.2) is 0 Å². The number of hydrogen-bond donors (Lipinski definition) is 6. The van der Waals surface area contributed by atoms with Crippen molar-refractivity contribution in [2.45, 2.75) is 13.8 Å². The molecule has 0 rings (SSSR count). The highest BCUT2D eigenvalue weighted by molar-refractivity contribution is 4.74. The van der Waals surface area contributed by atoms with Gasteiger partial charge in [0.05, 0.1) is 45.1 Å². The first-order chi connectivity index (χ1) is 7.36. The molecule has 6 nitrogen and oxygen atoms in total. The van der Waals surface area contributed by atoms with E-state index in [0.717, 1.165) is 0 Å². The summed E-state index contributed by atoms with van der Waals surface area (Å²) in [5.41, 5.74) is -1.42. The summed E-state index contributed by atoms with van der Waals surface area (Å²) in [6.45, 7) is 2.06. The molecule has 0 aromatic carbocycles. The topological polar surface area (TPSA) is 121 Å². The van der Waals surface area contributed by atoms with E-state index in [2.05, 4.69) is 0 Å². The Hall–Kier alpha value is -0.240. The summed E-state index contributed by atoms with van der Waals surface area (Å²) in [6.07, 6.45) is 0. The van der Waals surface area contributed by atoms with E-state index in [1.807, 2.05) is 0 Å². The standard InChI is InChI=1S/C5H12O4.C5H12O2/c6-1-5(2-7,3-8)4-9;1-5(2,3-6)4-7/h6-9H,1-4H2;6-7H,3-4H2,1-2H3. The normalized spacial score (nSPS) is 12.0. The van der Waals surface area contributed by atoms with Crippen LogP contribution in [0.2, 0.25) is 0 Å². The van der Waals surface area contributed by atoms with Gasteiger partial charge in [-0.25, -0.2) is 0 Å². The summed E-state index contributed by atoms with van der Waals surface area (Å²) in [7, 11) is 0. The predicted octanol–water partition coefficient (Wildman–Crippen LogP) is -2.06. The summed E-state index contributed by atoms with van der Waals surface area (Å²) < 4.78 is 0. The van der Waals surface area contributed by atoms with E-state index in [1.54, 1.807) is 13.8 Å². The van der Waals surface area contributed by atoms with E-state index < -0.39 is 31.8 Å². The molecule has 0 atom stereocenters. The fourth-order valence-corrected chi connectivity index (χ4v) is 0.350. The molecule has 0 aliphatic heterocycles. The molecule has 0 aliphatic carbocycles. The first-order valence-electron chi connectivity index (χ1n) is 5.02. The average molecular weight is 240 g/mol. The second kappa shape index (κ2) is 8.86. The Morgan fingerprint density at radius 3 is 0.812 bits per heavy atom. The SMILES string of the molecule is CC(C)(CO)CO.OCC(CO)(CO)CO. The zero-order chi connectivity index (χ0) is 13.2. The van der Waals surface area contributed by atoms with Crippen molar-refractivity contribution >= 4 is 0 Å². The Labute approximate surface area is 95.8 Å². The zero-order valence-corrected chi connectivity index (χ0v) is 9.93. The molecule has 0 radical (unpaired) electrons. The van der Waals surface area contributed by atoms with E-state index in [-0.39, 0.29) is 18.6 Å². The van der Waals surface area contributed by atoms with Crippen LogP contribution in [0.4, 0.5) is 0 Å². The van der Waals surface area contributed by atoms with Gasteiger partial charge < -0.3 is 30.6 Å². The summed E-state index contributed by atoms with van der Waals surface area (Å²) in [6, 6.07) is 0. The molecule has 6 heteroatoms. The molecule has 0 spiro atoms. The van der Waals surface area contributed by atoms with Crippen LogP contribution >= 0.6 is 0 Å². The lowest BCUT2D eigenvalue weighted by molar-refractivity contribution is -0.0328. The molecule has 0 fully saturated rings. The summed E-state index contributed by atoms with van der Waals surface area (Å²) >= 11 is 0. The van der Waals surface area contributed by atoms with E-state index in [0.29, 0.717) is 0 Å². The molecule has 16 heavy (non-hydrogen) atoms. The van der Waals surface area contributed by atoms with Crippen LogP contribution in [0, 0.1) is 10.8 Å². The van der Waals surface area contributed by atoms with Gasteiger partial charge in [0.1, 0.15) is 0 Å². The Balaban J connectivity index is 0. The van der Waals surface area contributed by atoms with Crippen molar-refractivity contribution in [1.29, 1.82) is 0 Å². The van der Waals surface area contributed by atoms with Gasteiger partial charge in [-0.2, -0.15) is 0 Å². The minimum atomic E-state index is -1.11. The van der Waals surface area contributed by atoms with Crippen molar-refractivity contribution in [2.24, 2.45) is 10.8 Å². The van der Waals surface area contributed by atoms with Crippen LogP contribution in [-0.2, 0) is 0 Å². The third-order valence-corrected chi connectivity index (χ3v) is 2.20. The molecular formula is C10H24O6. The van der Waals surface area contributed by atoms with Gasteiger partial charge >= 0.3 is 0 Å². The maximum Gasteiger partial charge on any atom is 0.0627 e. The van der Waals surface area contributed by atoms with Crippen molar-refractivity contribution in [1.82, 2.24) is 0 Å². The monoisotopic (exact) mass is 240 g/mol. The summed E-state index contributed by atoms with van der Waals surface area (Å²) in [4.78, 5) is 0. The van der Waals surface area contributed by atoms with Gasteiger partial charge in [-0.3, -0.25) is 0 Å². The second-order valence-corrected chi connectivity index (χ2v) is 4.61. The van der Waals surface area contributed by atoms with Crippen molar-refractivity contribution in [3.8, 4) is 0 Å². The molecule has 0 aliphatic rings. The van der Waals surface area contributed by atoms with Crippen LogP contribution in [0.25, 0.3) is 0 Å². The van der Waals surface area contributed by atoms with E-state index in [1.165, 1.54) is 0 Å². The fraction of sp³-hybridized carbons (Fsp3) is 1.00. The lowest BCUT2D eigenvalue weighted by atomic mass is 9.93. The fourth-order valence-electron chi connectivity index (χ4n) is 0.350. The van der Waals surface area contributed by atoms with Gasteiger partial charge in [0.25, 0.3) is 0 Å². The summed E-state index contributed by atoms with van der Waals surface area (Å²) in [5.74, 6) is 0. The lowest BCUT2D eigenvalue weighted by Gasteiger charge is -2.23. The van der Waals surface area contributed by atoms with Gasteiger partial charge in [-0.15, -0.1) is 0 Å². The van der Waals surface area contributed by atoms with Gasteiger partial charge in [-0.05, 0) is 0 Å². The number of aliphatic hydroxyl groups is 6. The Bertz CT molecular complexity index is 132. The number of aliphatic hydroxyl groups excluding tert-OH is 6. The first-order valence-corrected chi connectivity index (χ1v) is 5.02. The highest BCUT2D eigenvalue weighted by Crippen LogP contribution is 2.12. The van der Waals surface area contributed by atoms with E-state index in [4.69, 9.17) is 30.6 Å². The van der Waals surface area contributed by atoms with Crippen molar-refractivity contribution in [3.05, 3.63) is 0 Å². The third-order valence-electron chi connectivity index (χ3n) is 2.20.